The fourth-order valence-electron chi connectivity index (χ4n) is 5.01. The molecule has 6 rings (SSSR count). The third kappa shape index (κ3) is 6.99. The van der Waals surface area contributed by atoms with Crippen molar-refractivity contribution in [1.82, 2.24) is 20.2 Å². The first kappa shape index (κ1) is 27.1. The Kier molecular flexibility index (Phi) is 8.34. The molecule has 3 heterocycles. The van der Waals surface area contributed by atoms with Gasteiger partial charge in [-0.1, -0.05) is 60.3 Å². The zero-order chi connectivity index (χ0) is 28.0. The summed E-state index contributed by atoms with van der Waals surface area (Å²) in [6.07, 6.45) is 0. The summed E-state index contributed by atoms with van der Waals surface area (Å²) in [7, 11) is 0. The van der Waals surface area contributed by atoms with Crippen LogP contribution in [-0.2, 0) is 18.8 Å². The van der Waals surface area contributed by atoms with E-state index < -0.39 is 0 Å². The lowest BCUT2D eigenvalue weighted by molar-refractivity contribution is 0.0951. The van der Waals surface area contributed by atoms with Crippen LogP contribution in [0.5, 0.6) is 11.5 Å². The number of piperazine rings is 1. The first-order valence-electron chi connectivity index (χ1n) is 13.8. The summed E-state index contributed by atoms with van der Waals surface area (Å²) >= 11 is 1.60. The predicted octanol–water partition coefficient (Wildman–Crippen LogP) is 5.06. The van der Waals surface area contributed by atoms with Crippen LogP contribution in [0, 0.1) is 6.92 Å². The van der Waals surface area contributed by atoms with Crippen molar-refractivity contribution in [3.05, 3.63) is 107 Å². The van der Waals surface area contributed by atoms with Crippen LogP contribution in [0.15, 0.2) is 84.0 Å². The maximum atomic E-state index is 12.7. The lowest BCUT2D eigenvalue weighted by atomic mass is 10.1. The van der Waals surface area contributed by atoms with Gasteiger partial charge in [0, 0.05) is 62.3 Å². The van der Waals surface area contributed by atoms with Crippen molar-refractivity contribution in [3.63, 3.8) is 0 Å². The molecule has 4 aromatic rings. The summed E-state index contributed by atoms with van der Waals surface area (Å²) in [5, 5.41) is 3.76. The van der Waals surface area contributed by atoms with Crippen LogP contribution in [0.3, 0.4) is 0 Å². The second-order valence-corrected chi connectivity index (χ2v) is 11.2. The molecule has 0 radical (unpaired) electrons. The minimum absolute atomic E-state index is 0.0764. The van der Waals surface area contributed by atoms with Crippen LogP contribution >= 0.6 is 11.8 Å². The van der Waals surface area contributed by atoms with Gasteiger partial charge >= 0.3 is 0 Å². The van der Waals surface area contributed by atoms with Gasteiger partial charge in [-0.3, -0.25) is 9.69 Å². The Labute approximate surface area is 244 Å². The predicted molar refractivity (Wildman–Crippen MR) is 160 cm³/mol. The highest BCUT2D eigenvalue weighted by atomic mass is 32.2. The summed E-state index contributed by atoms with van der Waals surface area (Å²) in [5.74, 6) is 3.24. The summed E-state index contributed by atoms with van der Waals surface area (Å²) in [6.45, 7) is 7.44. The molecule has 9 heteroatoms. The number of anilines is 1. The van der Waals surface area contributed by atoms with Crippen LogP contribution < -0.4 is 19.7 Å². The lowest BCUT2D eigenvalue weighted by Gasteiger charge is -2.35. The standard InChI is InChI=1S/C32H33N5O3S/c1-23-16-30(37-14-12-36(13-15-37)20-25-10-11-28-29(18-25)40-22-39-28)35-32(34-23)41-21-26-8-5-9-27(17-26)31(38)33-19-24-6-3-2-4-7-24/h2-11,16-18H,12-15,19-22H2,1H3,(H,33,38). The van der Waals surface area contributed by atoms with Gasteiger partial charge in [0.2, 0.25) is 6.79 Å². The van der Waals surface area contributed by atoms with E-state index in [0.29, 0.717) is 24.7 Å². The minimum atomic E-state index is -0.0764. The molecule has 1 N–H and O–H groups in total. The zero-order valence-corrected chi connectivity index (χ0v) is 23.9. The summed E-state index contributed by atoms with van der Waals surface area (Å²) < 4.78 is 11.0. The van der Waals surface area contributed by atoms with E-state index in [1.165, 1.54) is 5.56 Å². The molecule has 3 aromatic carbocycles. The molecule has 1 amide bonds. The number of aryl methyl sites for hydroxylation is 1. The van der Waals surface area contributed by atoms with E-state index in [1.54, 1.807) is 11.8 Å². The number of carbonyl (C=O) groups excluding carboxylic acids is 1. The number of rotatable bonds is 9. The average Bonchev–Trinajstić information content (AvgIpc) is 3.48. The van der Waals surface area contributed by atoms with Crippen LogP contribution in [0.4, 0.5) is 5.82 Å². The Hall–Kier alpha value is -4.08. The molecule has 2 aliphatic heterocycles. The highest BCUT2D eigenvalue weighted by molar-refractivity contribution is 7.98. The molecule has 8 nitrogen and oxygen atoms in total. The largest absolute Gasteiger partial charge is 0.454 e. The quantitative estimate of drug-likeness (QED) is 0.222. The third-order valence-corrected chi connectivity index (χ3v) is 8.13. The second-order valence-electron chi connectivity index (χ2n) is 10.3. The monoisotopic (exact) mass is 567 g/mol. The molecule has 0 atom stereocenters. The van der Waals surface area contributed by atoms with Crippen molar-refractivity contribution in [1.29, 1.82) is 0 Å². The van der Waals surface area contributed by atoms with E-state index in [2.05, 4.69) is 38.3 Å². The van der Waals surface area contributed by atoms with Crippen molar-refractivity contribution in [3.8, 4) is 11.5 Å². The third-order valence-electron chi connectivity index (χ3n) is 7.21. The summed E-state index contributed by atoms with van der Waals surface area (Å²) in [6, 6.07) is 25.9. The minimum Gasteiger partial charge on any atom is -0.454 e. The maximum absolute atomic E-state index is 12.7. The number of ether oxygens (including phenoxy) is 2. The van der Waals surface area contributed by atoms with Crippen LogP contribution in [0.25, 0.3) is 0 Å². The molecule has 210 valence electrons. The van der Waals surface area contributed by atoms with Gasteiger partial charge < -0.3 is 19.7 Å². The average molecular weight is 568 g/mol. The smallest absolute Gasteiger partial charge is 0.251 e. The van der Waals surface area contributed by atoms with Gasteiger partial charge in [-0.15, -0.1) is 0 Å². The highest BCUT2D eigenvalue weighted by Gasteiger charge is 2.21. The number of carbonyl (C=O) groups is 1. The molecular formula is C32H33N5O3S. The molecule has 1 saturated heterocycles. The van der Waals surface area contributed by atoms with Gasteiger partial charge in [-0.2, -0.15) is 0 Å². The Bertz CT molecular complexity index is 1510. The van der Waals surface area contributed by atoms with Gasteiger partial charge in [0.05, 0.1) is 0 Å². The van der Waals surface area contributed by atoms with Gasteiger partial charge in [0.15, 0.2) is 16.7 Å². The Balaban J connectivity index is 1.02. The van der Waals surface area contributed by atoms with E-state index >= 15 is 0 Å². The summed E-state index contributed by atoms with van der Waals surface area (Å²) in [4.78, 5) is 27.1. The number of benzene rings is 3. The van der Waals surface area contributed by atoms with E-state index in [-0.39, 0.29) is 5.91 Å². The van der Waals surface area contributed by atoms with Crippen LogP contribution in [-0.4, -0.2) is 53.7 Å². The fraction of sp³-hybridized carbons (Fsp3) is 0.281. The SMILES string of the molecule is Cc1cc(N2CCN(Cc3ccc4c(c3)OCO4)CC2)nc(SCc2cccc(C(=O)NCc3ccccc3)c2)n1. The van der Waals surface area contributed by atoms with Crippen molar-refractivity contribution >= 4 is 23.5 Å². The molecule has 41 heavy (non-hydrogen) atoms. The molecule has 0 aliphatic carbocycles. The fourth-order valence-corrected chi connectivity index (χ4v) is 5.86. The molecule has 1 aromatic heterocycles. The van der Waals surface area contributed by atoms with E-state index in [0.717, 1.165) is 72.0 Å². The molecule has 1 fully saturated rings. The normalized spacial score (nSPS) is 14.7. The Morgan fingerprint density at radius 1 is 0.854 bits per heavy atom. The molecule has 0 saturated carbocycles. The zero-order valence-electron chi connectivity index (χ0n) is 23.1. The van der Waals surface area contributed by atoms with Gasteiger partial charge in [-0.25, -0.2) is 9.97 Å². The van der Waals surface area contributed by atoms with Gasteiger partial charge in [0.1, 0.15) is 5.82 Å². The lowest BCUT2D eigenvalue weighted by Crippen LogP contribution is -2.46. The number of nitrogens with zero attached hydrogens (tertiary/aromatic N) is 4. The number of thioether (sulfide) groups is 1. The van der Waals surface area contributed by atoms with E-state index in [4.69, 9.17) is 14.5 Å². The highest BCUT2D eigenvalue weighted by Crippen LogP contribution is 2.33. The van der Waals surface area contributed by atoms with Crippen molar-refractivity contribution in [2.45, 2.75) is 30.9 Å². The Morgan fingerprint density at radius 3 is 2.51 bits per heavy atom. The second kappa shape index (κ2) is 12.6. The van der Waals surface area contributed by atoms with Crippen LogP contribution in [0.2, 0.25) is 0 Å². The summed E-state index contributed by atoms with van der Waals surface area (Å²) in [5.41, 5.74) is 4.98. The number of hydrogen-bond acceptors (Lipinski definition) is 8. The molecule has 0 spiro atoms. The molecule has 2 aliphatic rings. The molecule has 0 bridgehead atoms. The number of nitrogens with one attached hydrogen (secondary N) is 1. The van der Waals surface area contributed by atoms with Crippen molar-refractivity contribution in [2.24, 2.45) is 0 Å². The van der Waals surface area contributed by atoms with Gasteiger partial charge in [-0.05, 0) is 47.9 Å². The van der Waals surface area contributed by atoms with Crippen molar-refractivity contribution < 1.29 is 14.3 Å². The molecular weight excluding hydrogens is 534 g/mol. The Morgan fingerprint density at radius 2 is 1.66 bits per heavy atom. The topological polar surface area (TPSA) is 79.8 Å². The number of hydrogen-bond donors (Lipinski definition) is 1. The number of fused-ring (bicyclic) bond motifs is 1. The van der Waals surface area contributed by atoms with Gasteiger partial charge in [0.25, 0.3) is 5.91 Å². The number of amides is 1. The molecule has 0 unspecified atom stereocenters. The van der Waals surface area contributed by atoms with Crippen LogP contribution in [0.1, 0.15) is 32.7 Å². The maximum Gasteiger partial charge on any atom is 0.251 e. The first-order chi connectivity index (χ1) is 20.1. The first-order valence-corrected chi connectivity index (χ1v) is 14.8. The van der Waals surface area contributed by atoms with E-state index in [9.17, 15) is 4.79 Å². The number of aromatic nitrogens is 2. The van der Waals surface area contributed by atoms with Crippen molar-refractivity contribution in [2.75, 3.05) is 37.9 Å². The van der Waals surface area contributed by atoms with E-state index in [1.807, 2.05) is 67.6 Å².